The summed E-state index contributed by atoms with van der Waals surface area (Å²) in [5.74, 6) is 1.99. The van der Waals surface area contributed by atoms with E-state index >= 15 is 0 Å². The summed E-state index contributed by atoms with van der Waals surface area (Å²) in [4.78, 5) is 11.1. The minimum absolute atomic E-state index is 0.293. The van der Waals surface area contributed by atoms with Crippen LogP contribution in [0, 0.1) is 11.7 Å². The number of hydrogen-bond donors (Lipinski definition) is 1. The molecule has 0 saturated carbocycles. The molecule has 3 rings (SSSR count). The normalized spacial score (nSPS) is 19.4. The Hall–Kier alpha value is -2.21. The van der Waals surface area contributed by atoms with Gasteiger partial charge in [0.2, 0.25) is 11.8 Å². The van der Waals surface area contributed by atoms with Crippen molar-refractivity contribution in [3.05, 3.63) is 42.3 Å². The van der Waals surface area contributed by atoms with Gasteiger partial charge in [0.1, 0.15) is 11.6 Å². The fraction of sp³-hybridized carbons (Fsp3) is 0.474. The molecule has 0 amide bonds. The SMILES string of the molecule is CC1CCCN(C(C)CNc2nccc(Oc3ccc(F)cc3)n2)C1. The molecule has 2 unspecified atom stereocenters. The van der Waals surface area contributed by atoms with Crippen molar-refractivity contribution in [2.75, 3.05) is 25.0 Å². The standard InChI is InChI=1S/C19H25FN4O/c1-14-4-3-11-24(13-14)15(2)12-22-19-21-10-9-18(23-19)25-17-7-5-16(20)6-8-17/h5-10,14-15H,3-4,11-13H2,1-2H3,(H,21,22,23). The molecule has 1 N–H and O–H groups in total. The van der Waals surface area contributed by atoms with E-state index in [9.17, 15) is 4.39 Å². The lowest BCUT2D eigenvalue weighted by molar-refractivity contribution is 0.144. The average molecular weight is 344 g/mol. The summed E-state index contributed by atoms with van der Waals surface area (Å²) in [6.45, 7) is 7.63. The second-order valence-corrected chi connectivity index (χ2v) is 6.75. The number of aromatic nitrogens is 2. The van der Waals surface area contributed by atoms with Gasteiger partial charge >= 0.3 is 0 Å². The quantitative estimate of drug-likeness (QED) is 0.860. The van der Waals surface area contributed by atoms with Gasteiger partial charge < -0.3 is 10.1 Å². The maximum Gasteiger partial charge on any atom is 0.226 e. The van der Waals surface area contributed by atoms with Gasteiger partial charge in [-0.2, -0.15) is 4.98 Å². The third-order valence-corrected chi connectivity index (χ3v) is 4.53. The Morgan fingerprint density at radius 1 is 1.32 bits per heavy atom. The van der Waals surface area contributed by atoms with Crippen molar-refractivity contribution < 1.29 is 9.13 Å². The van der Waals surface area contributed by atoms with Crippen LogP contribution in [0.4, 0.5) is 10.3 Å². The zero-order valence-electron chi connectivity index (χ0n) is 14.8. The molecule has 2 aromatic rings. The molecule has 2 heterocycles. The summed E-state index contributed by atoms with van der Waals surface area (Å²) in [5, 5.41) is 3.29. The minimum Gasteiger partial charge on any atom is -0.439 e. The monoisotopic (exact) mass is 344 g/mol. The van der Waals surface area contributed by atoms with Crippen molar-refractivity contribution in [1.82, 2.24) is 14.9 Å². The number of ether oxygens (including phenoxy) is 1. The lowest BCUT2D eigenvalue weighted by atomic mass is 9.99. The molecule has 1 aromatic heterocycles. The molecule has 1 aromatic carbocycles. The summed E-state index contributed by atoms with van der Waals surface area (Å²) in [6.07, 6.45) is 4.24. The molecule has 25 heavy (non-hydrogen) atoms. The molecule has 1 aliphatic rings. The number of hydrogen-bond acceptors (Lipinski definition) is 5. The van der Waals surface area contributed by atoms with Crippen LogP contribution in [0.2, 0.25) is 0 Å². The number of benzene rings is 1. The molecule has 5 nitrogen and oxygen atoms in total. The molecule has 0 spiro atoms. The van der Waals surface area contributed by atoms with Gasteiger partial charge in [0.25, 0.3) is 0 Å². The van der Waals surface area contributed by atoms with Gasteiger partial charge in [-0.1, -0.05) is 6.92 Å². The van der Waals surface area contributed by atoms with Crippen molar-refractivity contribution in [1.29, 1.82) is 0 Å². The van der Waals surface area contributed by atoms with E-state index in [1.807, 2.05) is 0 Å². The zero-order valence-corrected chi connectivity index (χ0v) is 14.8. The highest BCUT2D eigenvalue weighted by molar-refractivity contribution is 5.31. The third-order valence-electron chi connectivity index (χ3n) is 4.53. The Morgan fingerprint density at radius 2 is 2.12 bits per heavy atom. The van der Waals surface area contributed by atoms with Gasteiger partial charge in [0.05, 0.1) is 0 Å². The topological polar surface area (TPSA) is 50.3 Å². The van der Waals surface area contributed by atoms with Crippen molar-refractivity contribution in [3.8, 4) is 11.6 Å². The van der Waals surface area contributed by atoms with Crippen molar-refractivity contribution >= 4 is 5.95 Å². The highest BCUT2D eigenvalue weighted by Gasteiger charge is 2.20. The molecule has 2 atom stereocenters. The van der Waals surface area contributed by atoms with Gasteiger partial charge in [-0.3, -0.25) is 4.90 Å². The Morgan fingerprint density at radius 3 is 2.88 bits per heavy atom. The smallest absolute Gasteiger partial charge is 0.226 e. The van der Waals surface area contributed by atoms with Crippen LogP contribution in [-0.2, 0) is 0 Å². The summed E-state index contributed by atoms with van der Waals surface area (Å²) in [5.41, 5.74) is 0. The fourth-order valence-electron chi connectivity index (χ4n) is 3.10. The van der Waals surface area contributed by atoms with Crippen molar-refractivity contribution in [2.24, 2.45) is 5.92 Å². The number of nitrogens with one attached hydrogen (secondary N) is 1. The summed E-state index contributed by atoms with van der Waals surface area (Å²) in [7, 11) is 0. The molecular weight excluding hydrogens is 319 g/mol. The Kier molecular flexibility index (Phi) is 5.81. The largest absolute Gasteiger partial charge is 0.439 e. The molecule has 1 aliphatic heterocycles. The van der Waals surface area contributed by atoms with Crippen LogP contribution in [0.5, 0.6) is 11.6 Å². The number of halogens is 1. The lowest BCUT2D eigenvalue weighted by Gasteiger charge is -2.35. The summed E-state index contributed by atoms with van der Waals surface area (Å²) < 4.78 is 18.6. The number of rotatable bonds is 6. The molecule has 0 bridgehead atoms. The lowest BCUT2D eigenvalue weighted by Crippen LogP contribution is -2.43. The predicted octanol–water partition coefficient (Wildman–Crippen LogP) is 3.94. The third kappa shape index (κ3) is 5.13. The van der Waals surface area contributed by atoms with Gasteiger partial charge in [0, 0.05) is 31.4 Å². The molecule has 6 heteroatoms. The van der Waals surface area contributed by atoms with Crippen LogP contribution < -0.4 is 10.1 Å². The van der Waals surface area contributed by atoms with Crippen molar-refractivity contribution in [2.45, 2.75) is 32.7 Å². The number of nitrogens with zero attached hydrogens (tertiary/aromatic N) is 3. The highest BCUT2D eigenvalue weighted by Crippen LogP contribution is 2.20. The summed E-state index contributed by atoms with van der Waals surface area (Å²) >= 11 is 0. The first-order chi connectivity index (χ1) is 12.1. The predicted molar refractivity (Wildman–Crippen MR) is 96.4 cm³/mol. The van der Waals surface area contributed by atoms with E-state index in [1.165, 1.54) is 25.0 Å². The van der Waals surface area contributed by atoms with Gasteiger partial charge in [0.15, 0.2) is 0 Å². The summed E-state index contributed by atoms with van der Waals surface area (Å²) in [6, 6.07) is 7.97. The molecule has 0 radical (unpaired) electrons. The van der Waals surface area contributed by atoms with Crippen LogP contribution in [0.1, 0.15) is 26.7 Å². The van der Waals surface area contributed by atoms with Crippen LogP contribution in [0.15, 0.2) is 36.5 Å². The van der Waals surface area contributed by atoms with E-state index < -0.39 is 0 Å². The second-order valence-electron chi connectivity index (χ2n) is 6.75. The second kappa shape index (κ2) is 8.25. The Labute approximate surface area is 148 Å². The number of anilines is 1. The van der Waals surface area contributed by atoms with E-state index in [4.69, 9.17) is 4.74 Å². The van der Waals surface area contributed by atoms with E-state index in [-0.39, 0.29) is 5.82 Å². The first kappa shape index (κ1) is 17.6. The zero-order chi connectivity index (χ0) is 17.6. The van der Waals surface area contributed by atoms with Crippen LogP contribution >= 0.6 is 0 Å². The van der Waals surface area contributed by atoms with E-state index in [1.54, 1.807) is 24.4 Å². The maximum atomic E-state index is 12.9. The Bertz CT molecular complexity index is 679. The molecular formula is C19H25FN4O. The average Bonchev–Trinajstić information content (AvgIpc) is 2.62. The van der Waals surface area contributed by atoms with Crippen molar-refractivity contribution in [3.63, 3.8) is 0 Å². The van der Waals surface area contributed by atoms with Gasteiger partial charge in [-0.15, -0.1) is 0 Å². The van der Waals surface area contributed by atoms with Gasteiger partial charge in [-0.25, -0.2) is 9.37 Å². The first-order valence-electron chi connectivity index (χ1n) is 8.84. The molecule has 1 fully saturated rings. The first-order valence-corrected chi connectivity index (χ1v) is 8.84. The van der Waals surface area contributed by atoms with Crippen LogP contribution in [-0.4, -0.2) is 40.5 Å². The van der Waals surface area contributed by atoms with Crippen LogP contribution in [0.25, 0.3) is 0 Å². The van der Waals surface area contributed by atoms with Gasteiger partial charge in [-0.05, 0) is 56.5 Å². The number of likely N-dealkylation sites (tertiary alicyclic amines) is 1. The minimum atomic E-state index is -0.293. The van der Waals surface area contributed by atoms with E-state index in [0.29, 0.717) is 23.6 Å². The maximum absolute atomic E-state index is 12.9. The highest BCUT2D eigenvalue weighted by atomic mass is 19.1. The number of piperidine rings is 1. The fourth-order valence-corrected chi connectivity index (χ4v) is 3.10. The molecule has 134 valence electrons. The van der Waals surface area contributed by atoms with E-state index in [2.05, 4.69) is 34.0 Å². The van der Waals surface area contributed by atoms with Crippen LogP contribution in [0.3, 0.4) is 0 Å². The van der Waals surface area contributed by atoms with E-state index in [0.717, 1.165) is 25.6 Å². The Balaban J connectivity index is 1.55. The molecule has 1 saturated heterocycles. The molecule has 0 aliphatic carbocycles.